The maximum atomic E-state index is 12.0. The van der Waals surface area contributed by atoms with Crippen LogP contribution in [0.25, 0.3) is 0 Å². The molecule has 1 aromatic heterocycles. The normalized spacial score (nSPS) is 9.93. The molecule has 1 aromatic carbocycles. The van der Waals surface area contributed by atoms with Crippen molar-refractivity contribution in [1.82, 2.24) is 9.97 Å². The number of ketones is 1. The number of hydrogen-bond donors (Lipinski definition) is 0. The van der Waals surface area contributed by atoms with E-state index in [0.717, 1.165) is 5.56 Å². The molecule has 74 valence electrons. The lowest BCUT2D eigenvalue weighted by Crippen LogP contribution is -2.05. The van der Waals surface area contributed by atoms with Crippen LogP contribution >= 0.6 is 0 Å². The van der Waals surface area contributed by atoms with Gasteiger partial charge in [-0.3, -0.25) is 4.79 Å². The second kappa shape index (κ2) is 4.00. The van der Waals surface area contributed by atoms with E-state index in [-0.39, 0.29) is 5.78 Å². The minimum atomic E-state index is -0.0597. The van der Waals surface area contributed by atoms with Gasteiger partial charge in [-0.2, -0.15) is 0 Å². The maximum absolute atomic E-state index is 12.0. The largest absolute Gasteiger partial charge is 0.287 e. The van der Waals surface area contributed by atoms with Crippen molar-refractivity contribution in [3.63, 3.8) is 0 Å². The second-order valence-corrected chi connectivity index (χ2v) is 3.24. The molecule has 2 rings (SSSR count). The van der Waals surface area contributed by atoms with E-state index in [1.165, 1.54) is 6.33 Å². The van der Waals surface area contributed by atoms with Gasteiger partial charge < -0.3 is 0 Å². The zero-order valence-electron chi connectivity index (χ0n) is 8.34. The molecule has 0 aliphatic carbocycles. The predicted octanol–water partition coefficient (Wildman–Crippen LogP) is 2.02. The Bertz CT molecular complexity index is 480. The van der Waals surface area contributed by atoms with Crippen molar-refractivity contribution in [2.24, 2.45) is 0 Å². The lowest BCUT2D eigenvalue weighted by molar-refractivity contribution is 0.103. The number of carbonyl (C=O) groups is 1. The molecule has 0 saturated heterocycles. The fourth-order valence-corrected chi connectivity index (χ4v) is 1.39. The van der Waals surface area contributed by atoms with Gasteiger partial charge in [-0.15, -0.1) is 0 Å². The van der Waals surface area contributed by atoms with Gasteiger partial charge in [0.15, 0.2) is 0 Å². The lowest BCUT2D eigenvalue weighted by atomic mass is 10.0. The van der Waals surface area contributed by atoms with Crippen molar-refractivity contribution in [1.29, 1.82) is 0 Å². The van der Waals surface area contributed by atoms with E-state index in [1.54, 1.807) is 18.3 Å². The van der Waals surface area contributed by atoms with E-state index in [1.807, 2.05) is 25.1 Å². The molecule has 0 atom stereocenters. The summed E-state index contributed by atoms with van der Waals surface area (Å²) >= 11 is 0. The minimum absolute atomic E-state index is 0.0597. The van der Waals surface area contributed by atoms with Gasteiger partial charge in [-0.1, -0.05) is 24.3 Å². The van der Waals surface area contributed by atoms with E-state index in [9.17, 15) is 4.79 Å². The summed E-state index contributed by atoms with van der Waals surface area (Å²) in [6, 6.07) is 9.09. The maximum Gasteiger partial charge on any atom is 0.211 e. The molecular formula is C12H10N2O. The van der Waals surface area contributed by atoms with E-state index in [4.69, 9.17) is 0 Å². The molecule has 0 aliphatic heterocycles. The number of aromatic nitrogens is 2. The van der Waals surface area contributed by atoms with E-state index >= 15 is 0 Å². The lowest BCUT2D eigenvalue weighted by Gasteiger charge is -2.02. The number of aryl methyl sites for hydroxylation is 1. The summed E-state index contributed by atoms with van der Waals surface area (Å²) in [4.78, 5) is 19.7. The molecule has 0 aliphatic rings. The fraction of sp³-hybridized carbons (Fsp3) is 0.0833. The van der Waals surface area contributed by atoms with Gasteiger partial charge in [-0.05, 0) is 18.6 Å². The highest BCUT2D eigenvalue weighted by molar-refractivity contribution is 6.08. The van der Waals surface area contributed by atoms with Crippen LogP contribution in [-0.4, -0.2) is 15.8 Å². The van der Waals surface area contributed by atoms with Crippen molar-refractivity contribution in [2.75, 3.05) is 0 Å². The molecule has 0 unspecified atom stereocenters. The summed E-state index contributed by atoms with van der Waals surface area (Å²) in [5.74, 6) is -0.0597. The van der Waals surface area contributed by atoms with Crippen LogP contribution in [0.3, 0.4) is 0 Å². The number of hydrogen-bond acceptors (Lipinski definition) is 3. The van der Waals surface area contributed by atoms with Gasteiger partial charge in [0.1, 0.15) is 12.0 Å². The molecule has 3 nitrogen and oxygen atoms in total. The van der Waals surface area contributed by atoms with Crippen molar-refractivity contribution in [2.45, 2.75) is 6.92 Å². The highest BCUT2D eigenvalue weighted by Gasteiger charge is 2.11. The van der Waals surface area contributed by atoms with Crippen LogP contribution in [0.5, 0.6) is 0 Å². The van der Waals surface area contributed by atoms with Crippen LogP contribution < -0.4 is 0 Å². The van der Waals surface area contributed by atoms with Gasteiger partial charge in [0.25, 0.3) is 0 Å². The Kier molecular flexibility index (Phi) is 2.54. The van der Waals surface area contributed by atoms with Crippen molar-refractivity contribution < 1.29 is 4.79 Å². The molecule has 2 aromatic rings. The third kappa shape index (κ3) is 1.91. The van der Waals surface area contributed by atoms with Gasteiger partial charge in [0, 0.05) is 11.8 Å². The van der Waals surface area contributed by atoms with Crippen LogP contribution in [0.15, 0.2) is 42.9 Å². The third-order valence-electron chi connectivity index (χ3n) is 2.20. The SMILES string of the molecule is Cc1ccccc1C(=O)c1ccncn1. The molecule has 1 heterocycles. The van der Waals surface area contributed by atoms with Crippen LogP contribution in [0.1, 0.15) is 21.6 Å². The first kappa shape index (κ1) is 9.52. The Labute approximate surface area is 87.8 Å². The molecule has 0 saturated carbocycles. The molecule has 0 fully saturated rings. The Morgan fingerprint density at radius 1 is 1.20 bits per heavy atom. The minimum Gasteiger partial charge on any atom is -0.287 e. The van der Waals surface area contributed by atoms with Crippen LogP contribution in [-0.2, 0) is 0 Å². The van der Waals surface area contributed by atoms with Crippen molar-refractivity contribution in [3.05, 3.63) is 59.7 Å². The van der Waals surface area contributed by atoms with Crippen LogP contribution in [0.2, 0.25) is 0 Å². The molecule has 0 bridgehead atoms. The van der Waals surface area contributed by atoms with Crippen LogP contribution in [0, 0.1) is 6.92 Å². The Hall–Kier alpha value is -2.03. The highest BCUT2D eigenvalue weighted by Crippen LogP contribution is 2.11. The number of rotatable bonds is 2. The molecule has 0 amide bonds. The van der Waals surface area contributed by atoms with E-state index in [0.29, 0.717) is 11.3 Å². The zero-order chi connectivity index (χ0) is 10.7. The molecule has 0 spiro atoms. The Balaban J connectivity index is 2.42. The summed E-state index contributed by atoms with van der Waals surface area (Å²) in [6.45, 7) is 1.91. The van der Waals surface area contributed by atoms with E-state index in [2.05, 4.69) is 9.97 Å². The summed E-state index contributed by atoms with van der Waals surface area (Å²) in [5.41, 5.74) is 2.08. The number of nitrogens with zero attached hydrogens (tertiary/aromatic N) is 2. The molecule has 0 radical (unpaired) electrons. The Morgan fingerprint density at radius 3 is 2.67 bits per heavy atom. The average Bonchev–Trinajstić information content (AvgIpc) is 2.30. The summed E-state index contributed by atoms with van der Waals surface area (Å²) < 4.78 is 0. The Morgan fingerprint density at radius 2 is 2.00 bits per heavy atom. The predicted molar refractivity (Wildman–Crippen MR) is 56.6 cm³/mol. The second-order valence-electron chi connectivity index (χ2n) is 3.24. The standard InChI is InChI=1S/C12H10N2O/c1-9-4-2-3-5-10(9)12(15)11-6-7-13-8-14-11/h2-8H,1H3. The molecule has 0 N–H and O–H groups in total. The van der Waals surface area contributed by atoms with Gasteiger partial charge in [0.2, 0.25) is 5.78 Å². The monoisotopic (exact) mass is 198 g/mol. The molecule has 3 heteroatoms. The van der Waals surface area contributed by atoms with E-state index < -0.39 is 0 Å². The number of carbonyl (C=O) groups excluding carboxylic acids is 1. The zero-order valence-corrected chi connectivity index (χ0v) is 8.34. The summed E-state index contributed by atoms with van der Waals surface area (Å²) in [6.07, 6.45) is 2.95. The van der Waals surface area contributed by atoms with Crippen molar-refractivity contribution >= 4 is 5.78 Å². The summed E-state index contributed by atoms with van der Waals surface area (Å²) in [7, 11) is 0. The quantitative estimate of drug-likeness (QED) is 0.693. The molecular weight excluding hydrogens is 188 g/mol. The summed E-state index contributed by atoms with van der Waals surface area (Å²) in [5, 5.41) is 0. The number of benzene rings is 1. The van der Waals surface area contributed by atoms with Gasteiger partial charge in [0.05, 0.1) is 0 Å². The fourth-order valence-electron chi connectivity index (χ4n) is 1.39. The first-order valence-electron chi connectivity index (χ1n) is 4.65. The first-order valence-corrected chi connectivity index (χ1v) is 4.65. The van der Waals surface area contributed by atoms with Gasteiger partial charge in [-0.25, -0.2) is 9.97 Å². The third-order valence-corrected chi connectivity index (χ3v) is 2.20. The highest BCUT2D eigenvalue weighted by atomic mass is 16.1. The van der Waals surface area contributed by atoms with Gasteiger partial charge >= 0.3 is 0 Å². The topological polar surface area (TPSA) is 42.9 Å². The smallest absolute Gasteiger partial charge is 0.211 e. The van der Waals surface area contributed by atoms with Crippen molar-refractivity contribution in [3.8, 4) is 0 Å². The molecule has 15 heavy (non-hydrogen) atoms. The first-order chi connectivity index (χ1) is 7.29. The van der Waals surface area contributed by atoms with Crippen LogP contribution in [0.4, 0.5) is 0 Å². The average molecular weight is 198 g/mol.